The SMILES string of the molecule is CN1CCCC(CNC(=O)c2cccc(C(N)=S)c2)C1. The van der Waals surface area contributed by atoms with E-state index in [2.05, 4.69) is 17.3 Å². The molecule has 1 aliphatic heterocycles. The highest BCUT2D eigenvalue weighted by Crippen LogP contribution is 2.14. The average Bonchev–Trinajstić information content (AvgIpc) is 2.45. The van der Waals surface area contributed by atoms with Crippen molar-refractivity contribution in [2.24, 2.45) is 11.7 Å². The van der Waals surface area contributed by atoms with Crippen LogP contribution in [0.5, 0.6) is 0 Å². The summed E-state index contributed by atoms with van der Waals surface area (Å²) in [6.07, 6.45) is 2.38. The number of amides is 1. The average molecular weight is 291 g/mol. The minimum Gasteiger partial charge on any atom is -0.389 e. The van der Waals surface area contributed by atoms with Gasteiger partial charge in [0.1, 0.15) is 4.99 Å². The van der Waals surface area contributed by atoms with Crippen molar-refractivity contribution in [3.8, 4) is 0 Å². The topological polar surface area (TPSA) is 58.4 Å². The lowest BCUT2D eigenvalue weighted by Crippen LogP contribution is -2.39. The smallest absolute Gasteiger partial charge is 0.251 e. The fraction of sp³-hybridized carbons (Fsp3) is 0.467. The summed E-state index contributed by atoms with van der Waals surface area (Å²) < 4.78 is 0. The van der Waals surface area contributed by atoms with Crippen LogP contribution in [0.15, 0.2) is 24.3 Å². The van der Waals surface area contributed by atoms with Gasteiger partial charge in [0.25, 0.3) is 5.91 Å². The molecule has 5 heteroatoms. The fourth-order valence-electron chi connectivity index (χ4n) is 2.59. The Labute approximate surface area is 125 Å². The number of thiocarbonyl (C=S) groups is 1. The van der Waals surface area contributed by atoms with Crippen LogP contribution in [-0.4, -0.2) is 42.5 Å². The van der Waals surface area contributed by atoms with Crippen molar-refractivity contribution in [2.45, 2.75) is 12.8 Å². The van der Waals surface area contributed by atoms with Gasteiger partial charge in [-0.15, -0.1) is 0 Å². The summed E-state index contributed by atoms with van der Waals surface area (Å²) in [6, 6.07) is 7.14. The molecule has 1 atom stereocenters. The molecule has 108 valence electrons. The zero-order valence-corrected chi connectivity index (χ0v) is 12.6. The zero-order chi connectivity index (χ0) is 14.5. The van der Waals surface area contributed by atoms with Crippen molar-refractivity contribution >= 4 is 23.1 Å². The molecule has 0 radical (unpaired) electrons. The molecule has 3 N–H and O–H groups in total. The Bertz CT molecular complexity index is 504. The van der Waals surface area contributed by atoms with Gasteiger partial charge in [-0.25, -0.2) is 0 Å². The summed E-state index contributed by atoms with van der Waals surface area (Å²) >= 11 is 4.93. The Kier molecular flexibility index (Phi) is 5.09. The lowest BCUT2D eigenvalue weighted by Gasteiger charge is -2.29. The molecular formula is C15H21N3OS. The maximum Gasteiger partial charge on any atom is 0.251 e. The molecule has 0 aromatic heterocycles. The highest BCUT2D eigenvalue weighted by atomic mass is 32.1. The number of carbonyl (C=O) groups is 1. The third kappa shape index (κ3) is 4.02. The van der Waals surface area contributed by atoms with Crippen molar-refractivity contribution in [1.29, 1.82) is 0 Å². The Morgan fingerprint density at radius 1 is 1.50 bits per heavy atom. The van der Waals surface area contributed by atoms with Gasteiger partial charge in [-0.05, 0) is 44.5 Å². The van der Waals surface area contributed by atoms with E-state index < -0.39 is 0 Å². The molecule has 1 fully saturated rings. The van der Waals surface area contributed by atoms with E-state index in [0.29, 0.717) is 16.5 Å². The molecule has 0 aliphatic carbocycles. The lowest BCUT2D eigenvalue weighted by molar-refractivity contribution is 0.0937. The lowest BCUT2D eigenvalue weighted by atomic mass is 9.98. The van der Waals surface area contributed by atoms with E-state index in [-0.39, 0.29) is 5.91 Å². The molecule has 1 aromatic rings. The van der Waals surface area contributed by atoms with Gasteiger partial charge in [0, 0.05) is 24.2 Å². The van der Waals surface area contributed by atoms with Gasteiger partial charge in [-0.1, -0.05) is 24.4 Å². The first-order chi connectivity index (χ1) is 9.56. The predicted octanol–water partition coefficient (Wildman–Crippen LogP) is 1.39. The second-order valence-corrected chi connectivity index (χ2v) is 5.87. The predicted molar refractivity (Wildman–Crippen MR) is 84.9 cm³/mol. The van der Waals surface area contributed by atoms with E-state index in [0.717, 1.165) is 25.2 Å². The standard InChI is InChI=1S/C15H21N3OS/c1-18-7-3-4-11(10-18)9-17-15(19)13-6-2-5-12(8-13)14(16)20/h2,5-6,8,11H,3-4,7,9-10H2,1H3,(H2,16,20)(H,17,19). The second kappa shape index (κ2) is 6.81. The van der Waals surface area contributed by atoms with Crippen LogP contribution in [0.3, 0.4) is 0 Å². The largest absolute Gasteiger partial charge is 0.389 e. The van der Waals surface area contributed by atoms with Gasteiger partial charge in [0.15, 0.2) is 0 Å². The number of rotatable bonds is 4. The first-order valence-corrected chi connectivity index (χ1v) is 7.33. The number of nitrogens with zero attached hydrogens (tertiary/aromatic N) is 1. The van der Waals surface area contributed by atoms with E-state index >= 15 is 0 Å². The molecule has 1 heterocycles. The van der Waals surface area contributed by atoms with Gasteiger partial charge in [-0.3, -0.25) is 4.79 Å². The van der Waals surface area contributed by atoms with E-state index in [1.807, 2.05) is 6.07 Å². The second-order valence-electron chi connectivity index (χ2n) is 5.43. The van der Waals surface area contributed by atoms with E-state index in [4.69, 9.17) is 18.0 Å². The normalized spacial score (nSPS) is 19.6. The molecule has 0 saturated carbocycles. The Morgan fingerprint density at radius 2 is 2.25 bits per heavy atom. The van der Waals surface area contributed by atoms with Crippen LogP contribution in [0, 0.1) is 5.92 Å². The number of carbonyl (C=O) groups excluding carboxylic acids is 1. The number of nitrogens with one attached hydrogen (secondary N) is 1. The molecule has 1 amide bonds. The molecule has 0 spiro atoms. The number of nitrogens with two attached hydrogens (primary N) is 1. The van der Waals surface area contributed by atoms with E-state index in [1.165, 1.54) is 12.8 Å². The first kappa shape index (κ1) is 14.9. The Hall–Kier alpha value is -1.46. The molecule has 20 heavy (non-hydrogen) atoms. The van der Waals surface area contributed by atoms with E-state index in [9.17, 15) is 4.79 Å². The zero-order valence-electron chi connectivity index (χ0n) is 11.8. The van der Waals surface area contributed by atoms with Crippen molar-refractivity contribution in [1.82, 2.24) is 10.2 Å². The van der Waals surface area contributed by atoms with Crippen molar-refractivity contribution < 1.29 is 4.79 Å². The van der Waals surface area contributed by atoms with Crippen LogP contribution in [0.2, 0.25) is 0 Å². The van der Waals surface area contributed by atoms with E-state index in [1.54, 1.807) is 18.2 Å². The molecule has 2 rings (SSSR count). The van der Waals surface area contributed by atoms with Crippen LogP contribution in [0.1, 0.15) is 28.8 Å². The van der Waals surface area contributed by atoms with Gasteiger partial charge >= 0.3 is 0 Å². The van der Waals surface area contributed by atoms with Crippen LogP contribution >= 0.6 is 12.2 Å². The summed E-state index contributed by atoms with van der Waals surface area (Å²) in [5.41, 5.74) is 6.92. The molecule has 4 nitrogen and oxygen atoms in total. The van der Waals surface area contributed by atoms with Crippen LogP contribution < -0.4 is 11.1 Å². The first-order valence-electron chi connectivity index (χ1n) is 6.93. The number of hydrogen-bond donors (Lipinski definition) is 2. The summed E-state index contributed by atoms with van der Waals surface area (Å²) in [7, 11) is 2.12. The van der Waals surface area contributed by atoms with Crippen molar-refractivity contribution in [3.05, 3.63) is 35.4 Å². The molecule has 1 aliphatic rings. The number of likely N-dealkylation sites (tertiary alicyclic amines) is 1. The minimum absolute atomic E-state index is 0.0590. The Morgan fingerprint density at radius 3 is 2.95 bits per heavy atom. The summed E-state index contributed by atoms with van der Waals surface area (Å²) in [5.74, 6) is 0.479. The highest BCUT2D eigenvalue weighted by Gasteiger charge is 2.18. The van der Waals surface area contributed by atoms with Crippen molar-refractivity contribution in [2.75, 3.05) is 26.7 Å². The third-order valence-electron chi connectivity index (χ3n) is 3.68. The maximum absolute atomic E-state index is 12.1. The van der Waals surface area contributed by atoms with Crippen molar-refractivity contribution in [3.63, 3.8) is 0 Å². The molecular weight excluding hydrogens is 270 g/mol. The fourth-order valence-corrected chi connectivity index (χ4v) is 2.72. The minimum atomic E-state index is -0.0590. The molecule has 1 unspecified atom stereocenters. The van der Waals surface area contributed by atoms with Gasteiger partial charge in [0.2, 0.25) is 0 Å². The number of benzene rings is 1. The van der Waals surface area contributed by atoms with Gasteiger partial charge in [-0.2, -0.15) is 0 Å². The highest BCUT2D eigenvalue weighted by molar-refractivity contribution is 7.80. The summed E-state index contributed by atoms with van der Waals surface area (Å²) in [4.78, 5) is 14.8. The summed E-state index contributed by atoms with van der Waals surface area (Å²) in [5, 5.41) is 3.01. The molecule has 1 aromatic carbocycles. The molecule has 1 saturated heterocycles. The maximum atomic E-state index is 12.1. The van der Waals surface area contributed by atoms with Gasteiger partial charge < -0.3 is 16.0 Å². The molecule has 0 bridgehead atoms. The van der Waals surface area contributed by atoms with Gasteiger partial charge in [0.05, 0.1) is 0 Å². The van der Waals surface area contributed by atoms with Crippen LogP contribution in [-0.2, 0) is 0 Å². The number of hydrogen-bond acceptors (Lipinski definition) is 3. The quantitative estimate of drug-likeness (QED) is 0.823. The Balaban J connectivity index is 1.91. The van der Waals surface area contributed by atoms with Crippen LogP contribution in [0.4, 0.5) is 0 Å². The third-order valence-corrected chi connectivity index (χ3v) is 3.92. The monoisotopic (exact) mass is 291 g/mol. The number of piperidine rings is 1. The van der Waals surface area contributed by atoms with Crippen LogP contribution in [0.25, 0.3) is 0 Å². The summed E-state index contributed by atoms with van der Waals surface area (Å²) in [6.45, 7) is 2.92.